The lowest BCUT2D eigenvalue weighted by Gasteiger charge is -2.26. The number of rotatable bonds is 8. The Morgan fingerprint density at radius 3 is 2.58 bits per heavy atom. The van der Waals surface area contributed by atoms with E-state index in [1.807, 2.05) is 18.0 Å². The van der Waals surface area contributed by atoms with Crippen LogP contribution in [0.4, 0.5) is 5.82 Å². The molecule has 1 aromatic heterocycles. The average molecular weight is 281 g/mol. The van der Waals surface area contributed by atoms with Crippen LogP contribution >= 0.6 is 11.8 Å². The zero-order chi connectivity index (χ0) is 14.3. The fourth-order valence-corrected chi connectivity index (χ4v) is 2.34. The monoisotopic (exact) mass is 281 g/mol. The lowest BCUT2D eigenvalue weighted by molar-refractivity contribution is 0.587. The molecule has 108 valence electrons. The van der Waals surface area contributed by atoms with Gasteiger partial charge in [0.05, 0.1) is 0 Å². The molecule has 0 saturated carbocycles. The highest BCUT2D eigenvalue weighted by molar-refractivity contribution is 7.98. The molecular weight excluding hydrogens is 254 g/mol. The van der Waals surface area contributed by atoms with Crippen LogP contribution in [0.5, 0.6) is 0 Å². The van der Waals surface area contributed by atoms with Crippen molar-refractivity contribution in [2.24, 2.45) is 0 Å². The zero-order valence-electron chi connectivity index (χ0n) is 12.8. The smallest absolute Gasteiger partial charge is 0.128 e. The first-order chi connectivity index (χ1) is 9.04. The summed E-state index contributed by atoms with van der Waals surface area (Å²) in [5.41, 5.74) is 1.24. The quantitative estimate of drug-likeness (QED) is 0.792. The van der Waals surface area contributed by atoms with E-state index in [1.54, 1.807) is 0 Å². The number of nitrogens with one attached hydrogen (secondary N) is 1. The van der Waals surface area contributed by atoms with Gasteiger partial charge in [-0.3, -0.25) is 0 Å². The van der Waals surface area contributed by atoms with E-state index in [0.29, 0.717) is 12.1 Å². The number of nitrogens with zero attached hydrogens (tertiary/aromatic N) is 2. The fourth-order valence-electron chi connectivity index (χ4n) is 1.76. The number of hydrogen-bond acceptors (Lipinski definition) is 4. The molecule has 0 amide bonds. The Hall–Kier alpha value is -0.740. The molecule has 19 heavy (non-hydrogen) atoms. The van der Waals surface area contributed by atoms with Gasteiger partial charge in [0.1, 0.15) is 5.82 Å². The van der Waals surface area contributed by atoms with Crippen molar-refractivity contribution in [2.75, 3.05) is 24.0 Å². The minimum absolute atomic E-state index is 0.508. The maximum Gasteiger partial charge on any atom is 0.128 e. The standard InChI is InChI=1S/C15H27N3S/c1-12(2)16-10-14-6-7-15(17-11-14)18(4)13(3)8-9-19-5/h6-7,11-13,16H,8-10H2,1-5H3. The van der Waals surface area contributed by atoms with Gasteiger partial charge in [0.25, 0.3) is 0 Å². The van der Waals surface area contributed by atoms with Crippen molar-refractivity contribution in [2.45, 2.75) is 45.8 Å². The SMILES string of the molecule is CSCCC(C)N(C)c1ccc(CNC(C)C)cn1. The summed E-state index contributed by atoms with van der Waals surface area (Å²) in [7, 11) is 2.12. The molecule has 0 aliphatic rings. The highest BCUT2D eigenvalue weighted by atomic mass is 32.2. The first-order valence-corrected chi connectivity index (χ1v) is 8.34. The Morgan fingerprint density at radius 2 is 2.05 bits per heavy atom. The minimum Gasteiger partial charge on any atom is -0.357 e. The van der Waals surface area contributed by atoms with Crippen molar-refractivity contribution in [3.63, 3.8) is 0 Å². The summed E-state index contributed by atoms with van der Waals surface area (Å²) >= 11 is 1.90. The van der Waals surface area contributed by atoms with Crippen molar-refractivity contribution >= 4 is 17.6 Å². The van der Waals surface area contributed by atoms with Gasteiger partial charge in [-0.1, -0.05) is 19.9 Å². The van der Waals surface area contributed by atoms with Crippen molar-refractivity contribution in [3.8, 4) is 0 Å². The van der Waals surface area contributed by atoms with Crippen molar-refractivity contribution < 1.29 is 0 Å². The van der Waals surface area contributed by atoms with Crippen LogP contribution in [-0.2, 0) is 6.54 Å². The lowest BCUT2D eigenvalue weighted by Crippen LogP contribution is -2.30. The minimum atomic E-state index is 0.508. The van der Waals surface area contributed by atoms with Crippen LogP contribution in [0.3, 0.4) is 0 Å². The van der Waals surface area contributed by atoms with Crippen LogP contribution in [0.1, 0.15) is 32.8 Å². The molecule has 4 heteroatoms. The van der Waals surface area contributed by atoms with E-state index in [9.17, 15) is 0 Å². The Balaban J connectivity index is 2.54. The topological polar surface area (TPSA) is 28.2 Å². The molecule has 1 N–H and O–H groups in total. The third-order valence-corrected chi connectivity index (χ3v) is 3.93. The van der Waals surface area contributed by atoms with Crippen molar-refractivity contribution in [1.29, 1.82) is 0 Å². The molecule has 1 unspecified atom stereocenters. The third kappa shape index (κ3) is 5.83. The molecule has 0 spiro atoms. The average Bonchev–Trinajstić information content (AvgIpc) is 2.42. The third-order valence-electron chi connectivity index (χ3n) is 3.29. The number of pyridine rings is 1. The Kier molecular flexibility index (Phi) is 7.24. The number of hydrogen-bond donors (Lipinski definition) is 1. The van der Waals surface area contributed by atoms with Gasteiger partial charge in [0.2, 0.25) is 0 Å². The zero-order valence-corrected chi connectivity index (χ0v) is 13.6. The largest absolute Gasteiger partial charge is 0.357 e. The highest BCUT2D eigenvalue weighted by Crippen LogP contribution is 2.15. The summed E-state index contributed by atoms with van der Waals surface area (Å²) in [6.07, 6.45) is 5.32. The summed E-state index contributed by atoms with van der Waals surface area (Å²) in [6.45, 7) is 7.45. The van der Waals surface area contributed by atoms with Crippen LogP contribution in [-0.4, -0.2) is 36.1 Å². The fraction of sp³-hybridized carbons (Fsp3) is 0.667. The second-order valence-electron chi connectivity index (χ2n) is 5.30. The molecule has 1 aromatic rings. The number of thioether (sulfide) groups is 1. The molecule has 0 aliphatic heterocycles. The van der Waals surface area contributed by atoms with Crippen LogP contribution in [0.2, 0.25) is 0 Å². The Bertz CT molecular complexity index is 351. The van der Waals surface area contributed by atoms with E-state index >= 15 is 0 Å². The highest BCUT2D eigenvalue weighted by Gasteiger charge is 2.10. The van der Waals surface area contributed by atoms with Gasteiger partial charge in [-0.15, -0.1) is 0 Å². The molecule has 0 aliphatic carbocycles. The normalized spacial score (nSPS) is 12.7. The first-order valence-electron chi connectivity index (χ1n) is 6.94. The molecular formula is C15H27N3S. The Labute approximate surface area is 122 Å². The lowest BCUT2D eigenvalue weighted by atomic mass is 10.2. The first kappa shape index (κ1) is 16.3. The second kappa shape index (κ2) is 8.43. The van der Waals surface area contributed by atoms with Crippen molar-refractivity contribution in [3.05, 3.63) is 23.9 Å². The van der Waals surface area contributed by atoms with Gasteiger partial charge in [-0.25, -0.2) is 4.98 Å². The van der Waals surface area contributed by atoms with Crippen LogP contribution in [0.25, 0.3) is 0 Å². The van der Waals surface area contributed by atoms with Gasteiger partial charge < -0.3 is 10.2 Å². The molecule has 0 aromatic carbocycles. The predicted octanol–water partition coefficient (Wildman–Crippen LogP) is 3.16. The maximum atomic E-state index is 4.56. The van der Waals surface area contributed by atoms with Crippen LogP contribution in [0, 0.1) is 0 Å². The summed E-state index contributed by atoms with van der Waals surface area (Å²) in [5.74, 6) is 2.25. The number of aromatic nitrogens is 1. The predicted molar refractivity (Wildman–Crippen MR) is 87.1 cm³/mol. The summed E-state index contributed by atoms with van der Waals surface area (Å²) in [6, 6.07) is 5.32. The molecule has 1 heterocycles. The molecule has 1 rings (SSSR count). The summed E-state index contributed by atoms with van der Waals surface area (Å²) in [5, 5.41) is 3.40. The molecule has 0 bridgehead atoms. The van der Waals surface area contributed by atoms with E-state index in [2.05, 4.69) is 61.4 Å². The number of anilines is 1. The van der Waals surface area contributed by atoms with E-state index in [4.69, 9.17) is 0 Å². The molecule has 1 atom stereocenters. The van der Waals surface area contributed by atoms with Gasteiger partial charge in [-0.05, 0) is 37.0 Å². The molecule has 3 nitrogen and oxygen atoms in total. The van der Waals surface area contributed by atoms with E-state index in [0.717, 1.165) is 12.4 Å². The van der Waals surface area contributed by atoms with E-state index in [-0.39, 0.29) is 0 Å². The van der Waals surface area contributed by atoms with Crippen molar-refractivity contribution in [1.82, 2.24) is 10.3 Å². The molecule has 0 saturated heterocycles. The molecule has 0 radical (unpaired) electrons. The summed E-state index contributed by atoms with van der Waals surface area (Å²) < 4.78 is 0. The second-order valence-corrected chi connectivity index (χ2v) is 6.29. The van der Waals surface area contributed by atoms with E-state index < -0.39 is 0 Å². The van der Waals surface area contributed by atoms with Gasteiger partial charge in [0.15, 0.2) is 0 Å². The van der Waals surface area contributed by atoms with Crippen LogP contribution < -0.4 is 10.2 Å². The van der Waals surface area contributed by atoms with Gasteiger partial charge in [-0.2, -0.15) is 11.8 Å². The Morgan fingerprint density at radius 1 is 1.32 bits per heavy atom. The molecule has 0 fully saturated rings. The van der Waals surface area contributed by atoms with Crippen LogP contribution in [0.15, 0.2) is 18.3 Å². The van der Waals surface area contributed by atoms with Gasteiger partial charge >= 0.3 is 0 Å². The maximum absolute atomic E-state index is 4.56. The summed E-state index contributed by atoms with van der Waals surface area (Å²) in [4.78, 5) is 6.82. The van der Waals surface area contributed by atoms with Gasteiger partial charge in [0, 0.05) is 31.9 Å². The van der Waals surface area contributed by atoms with E-state index in [1.165, 1.54) is 17.7 Å².